The third-order valence-electron chi connectivity index (χ3n) is 8.83. The number of anilines is 2. The molecule has 0 radical (unpaired) electrons. The van der Waals surface area contributed by atoms with Crippen molar-refractivity contribution in [1.82, 2.24) is 4.98 Å². The lowest BCUT2D eigenvalue weighted by molar-refractivity contribution is 0.660. The smallest absolute Gasteiger partial charge is 0.0642 e. The minimum absolute atomic E-state index is 0.0959. The molecular weight excluding hydrogens is 460 g/mol. The van der Waals surface area contributed by atoms with Crippen LogP contribution in [0.3, 0.4) is 0 Å². The average molecular weight is 489 g/mol. The predicted molar refractivity (Wildman–Crippen MR) is 158 cm³/mol. The van der Waals surface area contributed by atoms with Gasteiger partial charge in [-0.15, -0.1) is 0 Å². The minimum atomic E-state index is -0.0959. The molecule has 1 aliphatic heterocycles. The van der Waals surface area contributed by atoms with E-state index in [0.29, 0.717) is 5.92 Å². The Morgan fingerprint density at radius 1 is 0.816 bits per heavy atom. The largest absolute Gasteiger partial charge is 0.312 e. The first-order chi connectivity index (χ1) is 18.6. The number of hydrogen-bond donors (Lipinski definition) is 0. The van der Waals surface area contributed by atoms with Gasteiger partial charge >= 0.3 is 0 Å². The van der Waals surface area contributed by atoms with Crippen molar-refractivity contribution < 1.29 is 0 Å². The van der Waals surface area contributed by atoms with E-state index in [4.69, 9.17) is 0 Å². The van der Waals surface area contributed by atoms with Gasteiger partial charge in [-0.25, -0.2) is 0 Å². The summed E-state index contributed by atoms with van der Waals surface area (Å²) in [4.78, 5) is 6.87. The number of fused-ring (bicyclic) bond motifs is 7. The molecule has 2 heterocycles. The van der Waals surface area contributed by atoms with Crippen LogP contribution >= 0.6 is 0 Å². The van der Waals surface area contributed by atoms with Crippen molar-refractivity contribution >= 4 is 22.1 Å². The van der Waals surface area contributed by atoms with Crippen LogP contribution in [0.5, 0.6) is 0 Å². The number of aromatic nitrogens is 1. The van der Waals surface area contributed by atoms with Crippen LogP contribution in [-0.2, 0) is 5.41 Å². The maximum absolute atomic E-state index is 4.45. The van der Waals surface area contributed by atoms with Crippen LogP contribution in [0.15, 0.2) is 121 Å². The topological polar surface area (TPSA) is 16.1 Å². The van der Waals surface area contributed by atoms with Crippen LogP contribution in [0.2, 0.25) is 0 Å². The molecule has 38 heavy (non-hydrogen) atoms. The lowest BCUT2D eigenvalue weighted by atomic mass is 9.80. The first-order valence-corrected chi connectivity index (χ1v) is 13.5. The highest BCUT2D eigenvalue weighted by atomic mass is 15.2. The Bertz CT molecular complexity index is 1820. The summed E-state index contributed by atoms with van der Waals surface area (Å²) >= 11 is 0. The second-order valence-electron chi connectivity index (χ2n) is 11.2. The van der Waals surface area contributed by atoms with E-state index in [-0.39, 0.29) is 5.41 Å². The molecule has 0 amide bonds. The molecule has 0 spiro atoms. The molecule has 0 bridgehead atoms. The van der Waals surface area contributed by atoms with Gasteiger partial charge in [-0.2, -0.15) is 0 Å². The Balaban J connectivity index is 1.31. The molecule has 1 aromatic heterocycles. The molecule has 0 fully saturated rings. The summed E-state index contributed by atoms with van der Waals surface area (Å²) in [5.41, 5.74) is 13.3. The number of pyridine rings is 1. The zero-order chi connectivity index (χ0) is 25.4. The van der Waals surface area contributed by atoms with Gasteiger partial charge in [0.1, 0.15) is 0 Å². The molecule has 8 rings (SSSR count). The number of nitrogens with zero attached hydrogens (tertiary/aromatic N) is 2. The highest BCUT2D eigenvalue weighted by molar-refractivity contribution is 5.98. The fourth-order valence-corrected chi connectivity index (χ4v) is 6.95. The summed E-state index contributed by atoms with van der Waals surface area (Å²) in [7, 11) is 0. The van der Waals surface area contributed by atoms with E-state index in [9.17, 15) is 0 Å². The molecule has 2 aliphatic carbocycles. The Kier molecular flexibility index (Phi) is 4.43. The summed E-state index contributed by atoms with van der Waals surface area (Å²) in [6.45, 7) is 4.77. The average Bonchev–Trinajstić information content (AvgIpc) is 3.40. The quantitative estimate of drug-likeness (QED) is 0.246. The molecule has 4 aromatic carbocycles. The van der Waals surface area contributed by atoms with E-state index in [1.54, 1.807) is 0 Å². The van der Waals surface area contributed by atoms with Crippen LogP contribution in [0.4, 0.5) is 11.4 Å². The molecule has 5 aromatic rings. The van der Waals surface area contributed by atoms with Gasteiger partial charge in [-0.1, -0.05) is 80.6 Å². The van der Waals surface area contributed by atoms with Crippen molar-refractivity contribution in [1.29, 1.82) is 0 Å². The Hall–Kier alpha value is -4.43. The van der Waals surface area contributed by atoms with E-state index in [2.05, 4.69) is 121 Å². The Morgan fingerprint density at radius 2 is 1.68 bits per heavy atom. The zero-order valence-corrected chi connectivity index (χ0v) is 21.6. The highest BCUT2D eigenvalue weighted by Gasteiger charge is 2.41. The van der Waals surface area contributed by atoms with Crippen LogP contribution in [0, 0.1) is 0 Å². The number of benzene rings is 4. The third-order valence-corrected chi connectivity index (χ3v) is 8.83. The second-order valence-corrected chi connectivity index (χ2v) is 11.2. The van der Waals surface area contributed by atoms with Gasteiger partial charge in [-0.05, 0) is 92.5 Å². The van der Waals surface area contributed by atoms with E-state index in [1.165, 1.54) is 61.1 Å². The fraction of sp³-hybridized carbons (Fsp3) is 0.139. The zero-order valence-electron chi connectivity index (χ0n) is 21.6. The molecule has 0 saturated carbocycles. The van der Waals surface area contributed by atoms with Crippen molar-refractivity contribution in [3.8, 4) is 22.3 Å². The molecule has 182 valence electrons. The predicted octanol–water partition coefficient (Wildman–Crippen LogP) is 9.29. The van der Waals surface area contributed by atoms with Crippen molar-refractivity contribution in [2.75, 3.05) is 4.90 Å². The fourth-order valence-electron chi connectivity index (χ4n) is 6.95. The Morgan fingerprint density at radius 3 is 2.58 bits per heavy atom. The number of allylic oxidation sites excluding steroid dienone is 4. The SMILES string of the molecule is CC1(C)c2cc(-c3cccc4ccccc34)ccc2-c2cc3c(cc21)N(c1cccnc1)C1=CC=CCC13. The highest BCUT2D eigenvalue weighted by Crippen LogP contribution is 2.57. The van der Waals surface area contributed by atoms with Gasteiger partial charge in [-0.3, -0.25) is 4.98 Å². The Labute approximate surface area is 223 Å². The molecular formula is C36H28N2. The normalized spacial score (nSPS) is 18.1. The number of rotatable bonds is 2. The maximum Gasteiger partial charge on any atom is 0.0642 e. The summed E-state index contributed by atoms with van der Waals surface area (Å²) < 4.78 is 0. The van der Waals surface area contributed by atoms with Crippen LogP contribution in [0.1, 0.15) is 42.9 Å². The molecule has 1 unspecified atom stereocenters. The van der Waals surface area contributed by atoms with Gasteiger partial charge in [0.15, 0.2) is 0 Å². The third kappa shape index (κ3) is 2.92. The van der Waals surface area contributed by atoms with E-state index < -0.39 is 0 Å². The monoisotopic (exact) mass is 488 g/mol. The molecule has 0 saturated heterocycles. The van der Waals surface area contributed by atoms with Gasteiger partial charge in [0.25, 0.3) is 0 Å². The van der Waals surface area contributed by atoms with Gasteiger partial charge in [0.05, 0.1) is 17.6 Å². The lowest BCUT2D eigenvalue weighted by Gasteiger charge is -2.26. The summed E-state index contributed by atoms with van der Waals surface area (Å²) in [6.07, 6.45) is 11.6. The van der Waals surface area contributed by atoms with E-state index >= 15 is 0 Å². The van der Waals surface area contributed by atoms with E-state index in [1.807, 2.05) is 18.5 Å². The lowest BCUT2D eigenvalue weighted by Crippen LogP contribution is -2.17. The number of hydrogen-bond acceptors (Lipinski definition) is 2. The van der Waals surface area contributed by atoms with E-state index in [0.717, 1.165) is 12.1 Å². The van der Waals surface area contributed by atoms with Crippen LogP contribution < -0.4 is 4.90 Å². The van der Waals surface area contributed by atoms with Crippen LogP contribution in [-0.4, -0.2) is 4.98 Å². The molecule has 2 nitrogen and oxygen atoms in total. The second kappa shape index (κ2) is 7.79. The maximum atomic E-state index is 4.45. The van der Waals surface area contributed by atoms with Gasteiger partial charge in [0.2, 0.25) is 0 Å². The van der Waals surface area contributed by atoms with Crippen molar-refractivity contribution in [2.24, 2.45) is 0 Å². The minimum Gasteiger partial charge on any atom is -0.312 e. The van der Waals surface area contributed by atoms with Gasteiger partial charge in [0, 0.05) is 23.2 Å². The summed E-state index contributed by atoms with van der Waals surface area (Å²) in [5.74, 6) is 0.377. The molecule has 1 atom stereocenters. The summed E-state index contributed by atoms with van der Waals surface area (Å²) in [6, 6.07) is 31.6. The molecule has 2 heteroatoms. The van der Waals surface area contributed by atoms with Gasteiger partial charge < -0.3 is 4.90 Å². The first kappa shape index (κ1) is 21.6. The molecule has 3 aliphatic rings. The van der Waals surface area contributed by atoms with Crippen molar-refractivity contribution in [3.63, 3.8) is 0 Å². The van der Waals surface area contributed by atoms with Crippen LogP contribution in [0.25, 0.3) is 33.0 Å². The van der Waals surface area contributed by atoms with Crippen molar-refractivity contribution in [3.05, 3.63) is 138 Å². The summed E-state index contributed by atoms with van der Waals surface area (Å²) in [5, 5.41) is 2.59. The van der Waals surface area contributed by atoms with Crippen molar-refractivity contribution in [2.45, 2.75) is 31.6 Å². The standard InChI is InChI=1S/C36H28N2/c1-36(2)32-19-24(27-14-7-10-23-9-3-4-12-26(23)27)16-17-28(32)30-20-31-29-13-5-6-15-34(29)38(35(31)21-33(30)36)25-11-8-18-37-22-25/h3-12,14-22,29H,13H2,1-2H3. The first-order valence-electron chi connectivity index (χ1n) is 13.5. The molecule has 0 N–H and O–H groups in total.